The first-order chi connectivity index (χ1) is 15.3. The molecule has 2 amide bonds. The van der Waals surface area contributed by atoms with E-state index < -0.39 is 16.1 Å². The molecule has 2 aromatic carbocycles. The number of urea groups is 1. The maximum atomic E-state index is 12.4. The molecule has 170 valence electrons. The van der Waals surface area contributed by atoms with Gasteiger partial charge in [0, 0.05) is 29.9 Å². The van der Waals surface area contributed by atoms with Crippen molar-refractivity contribution < 1.29 is 22.7 Å². The van der Waals surface area contributed by atoms with Crippen molar-refractivity contribution in [1.29, 1.82) is 0 Å². The molecule has 2 bridgehead atoms. The molecule has 0 radical (unpaired) electrons. The Morgan fingerprint density at radius 2 is 1.62 bits per heavy atom. The minimum absolute atomic E-state index is 0.0211. The third-order valence-corrected chi connectivity index (χ3v) is 7.36. The Morgan fingerprint density at radius 3 is 2.25 bits per heavy atom. The summed E-state index contributed by atoms with van der Waals surface area (Å²) in [5, 5.41) is 2.19. The fraction of sp³-hybridized carbons (Fsp3) is 0.364. The van der Waals surface area contributed by atoms with Crippen LogP contribution in [0.25, 0.3) is 0 Å². The van der Waals surface area contributed by atoms with Crippen LogP contribution < -0.4 is 10.1 Å². The maximum absolute atomic E-state index is 12.4. The first-order valence-corrected chi connectivity index (χ1v) is 12.3. The Kier molecular flexibility index (Phi) is 6.68. The van der Waals surface area contributed by atoms with Gasteiger partial charge in [-0.25, -0.2) is 22.9 Å². The average molecular weight is 478 g/mol. The monoisotopic (exact) mass is 477 g/mol. The number of halogens is 1. The number of nitrogens with zero attached hydrogens (tertiary/aromatic N) is 1. The third kappa shape index (κ3) is 5.40. The van der Waals surface area contributed by atoms with Crippen LogP contribution in [0.2, 0.25) is 5.02 Å². The largest absolute Gasteiger partial charge is 0.462 e. The molecule has 2 aromatic rings. The summed E-state index contributed by atoms with van der Waals surface area (Å²) in [6.45, 7) is 0. The van der Waals surface area contributed by atoms with Gasteiger partial charge in [-0.1, -0.05) is 41.9 Å². The first kappa shape index (κ1) is 22.6. The molecule has 2 saturated heterocycles. The van der Waals surface area contributed by atoms with Gasteiger partial charge >= 0.3 is 12.0 Å². The minimum atomic E-state index is -4.01. The Labute approximate surface area is 191 Å². The van der Waals surface area contributed by atoms with Gasteiger partial charge < -0.3 is 4.74 Å². The van der Waals surface area contributed by atoms with Gasteiger partial charge in [-0.2, -0.15) is 0 Å². The van der Waals surface area contributed by atoms with Crippen molar-refractivity contribution in [3.63, 3.8) is 0 Å². The molecule has 0 spiro atoms. The summed E-state index contributed by atoms with van der Waals surface area (Å²) in [4.78, 5) is 24.6. The van der Waals surface area contributed by atoms with Gasteiger partial charge in [0.2, 0.25) is 0 Å². The lowest BCUT2D eigenvalue weighted by Crippen LogP contribution is -2.57. The van der Waals surface area contributed by atoms with Crippen LogP contribution in [-0.2, 0) is 26.0 Å². The molecular weight excluding hydrogens is 454 g/mol. The summed E-state index contributed by atoms with van der Waals surface area (Å²) >= 11 is 5.79. The van der Waals surface area contributed by atoms with Gasteiger partial charge in [-0.05, 0) is 42.7 Å². The number of piperidine rings is 1. The van der Waals surface area contributed by atoms with Crippen molar-refractivity contribution in [2.45, 2.75) is 55.2 Å². The predicted molar refractivity (Wildman–Crippen MR) is 118 cm³/mol. The number of sulfonamides is 1. The van der Waals surface area contributed by atoms with Gasteiger partial charge in [-0.15, -0.1) is 0 Å². The summed E-state index contributed by atoms with van der Waals surface area (Å²) in [5.74, 6) is -0.270. The second kappa shape index (κ2) is 9.48. The van der Waals surface area contributed by atoms with Crippen molar-refractivity contribution in [2.24, 2.45) is 0 Å². The number of ether oxygens (including phenoxy) is 1. The second-order valence-corrected chi connectivity index (χ2v) is 10.2. The van der Waals surface area contributed by atoms with E-state index in [1.807, 2.05) is 35.1 Å². The highest BCUT2D eigenvalue weighted by Crippen LogP contribution is 2.35. The highest BCUT2D eigenvalue weighted by molar-refractivity contribution is 7.90. The number of carbonyl (C=O) groups is 2. The van der Waals surface area contributed by atoms with E-state index in [9.17, 15) is 18.0 Å². The molecule has 3 atom stereocenters. The van der Waals surface area contributed by atoms with Gasteiger partial charge in [0.15, 0.2) is 0 Å². The van der Waals surface area contributed by atoms with E-state index in [0.29, 0.717) is 17.9 Å². The summed E-state index contributed by atoms with van der Waals surface area (Å²) in [5.41, 5.74) is 3.57. The molecular formula is C22H24ClN3O5S. The van der Waals surface area contributed by atoms with Crippen molar-refractivity contribution in [3.05, 3.63) is 65.2 Å². The van der Waals surface area contributed by atoms with Crippen molar-refractivity contribution in [3.8, 4) is 0 Å². The fourth-order valence-electron chi connectivity index (χ4n) is 4.33. The molecule has 2 N–H and O–H groups in total. The van der Waals surface area contributed by atoms with E-state index in [-0.39, 0.29) is 35.5 Å². The lowest BCUT2D eigenvalue weighted by molar-refractivity contribution is -0.152. The average Bonchev–Trinajstić information content (AvgIpc) is 2.96. The van der Waals surface area contributed by atoms with Gasteiger partial charge in [0.05, 0.1) is 11.3 Å². The first-order valence-electron chi connectivity index (χ1n) is 10.4. The van der Waals surface area contributed by atoms with E-state index in [1.54, 1.807) is 5.01 Å². The molecule has 4 rings (SSSR count). The zero-order valence-corrected chi connectivity index (χ0v) is 18.8. The number of hydrogen-bond donors (Lipinski definition) is 2. The number of hydrogen-bond acceptors (Lipinski definition) is 6. The fourth-order valence-corrected chi connectivity index (χ4v) is 5.36. The SMILES string of the molecule is O=C(NN1[C@@H]2CC[C@H]1CC(OC(=O)Cc1ccccc1)C2)NS(=O)(=O)c1ccc(Cl)cc1. The van der Waals surface area contributed by atoms with Crippen LogP contribution in [0.5, 0.6) is 0 Å². The predicted octanol–water partition coefficient (Wildman–Crippen LogP) is 3.02. The number of amides is 2. The van der Waals surface area contributed by atoms with Crippen molar-refractivity contribution >= 4 is 33.6 Å². The normalized spacial score (nSPS) is 22.8. The van der Waals surface area contributed by atoms with Crippen LogP contribution in [0.4, 0.5) is 4.79 Å². The molecule has 2 aliphatic rings. The summed E-state index contributed by atoms with van der Waals surface area (Å²) < 4.78 is 32.5. The number of carbonyl (C=O) groups excluding carboxylic acids is 2. The summed E-state index contributed by atoms with van der Waals surface area (Å²) in [6, 6.07) is 14.1. The lowest BCUT2D eigenvalue weighted by atomic mass is 10.0. The number of esters is 1. The molecule has 0 aliphatic carbocycles. The molecule has 10 heteroatoms. The van der Waals surface area contributed by atoms with Gasteiger partial charge in [0.1, 0.15) is 6.10 Å². The van der Waals surface area contributed by atoms with Crippen LogP contribution in [-0.4, -0.2) is 43.6 Å². The van der Waals surface area contributed by atoms with Crippen LogP contribution in [0.3, 0.4) is 0 Å². The molecule has 2 fully saturated rings. The lowest BCUT2D eigenvalue weighted by Gasteiger charge is -2.38. The topological polar surface area (TPSA) is 105 Å². The Balaban J connectivity index is 1.30. The number of rotatable bonds is 6. The van der Waals surface area contributed by atoms with Gasteiger partial charge in [-0.3, -0.25) is 10.2 Å². The van der Waals surface area contributed by atoms with E-state index in [1.165, 1.54) is 24.3 Å². The van der Waals surface area contributed by atoms with Crippen LogP contribution >= 0.6 is 11.6 Å². The standard InChI is InChI=1S/C22H24ClN3O5S/c23-16-6-10-20(11-7-16)32(29,30)25-22(28)24-26-17-8-9-18(26)14-19(13-17)31-21(27)12-15-4-2-1-3-5-15/h1-7,10-11,17-19H,8-9,12-14H2,(H2,24,25,28)/t17-,18+,19?. The number of fused-ring (bicyclic) bond motifs is 2. The molecule has 8 nitrogen and oxygen atoms in total. The molecule has 32 heavy (non-hydrogen) atoms. The number of benzene rings is 2. The van der Waals surface area contributed by atoms with E-state index in [2.05, 4.69) is 5.43 Å². The number of hydrazine groups is 1. The Bertz CT molecular complexity index is 1060. The van der Waals surface area contributed by atoms with Crippen molar-refractivity contribution in [1.82, 2.24) is 15.2 Å². The van der Waals surface area contributed by atoms with Crippen LogP contribution in [0.15, 0.2) is 59.5 Å². The van der Waals surface area contributed by atoms with Crippen LogP contribution in [0.1, 0.15) is 31.2 Å². The van der Waals surface area contributed by atoms with E-state index >= 15 is 0 Å². The quantitative estimate of drug-likeness (QED) is 0.620. The van der Waals surface area contributed by atoms with E-state index in [0.717, 1.165) is 18.4 Å². The molecule has 2 heterocycles. The van der Waals surface area contributed by atoms with E-state index in [4.69, 9.17) is 16.3 Å². The summed E-state index contributed by atoms with van der Waals surface area (Å²) in [7, 11) is -4.01. The Hall–Kier alpha value is -2.62. The molecule has 0 saturated carbocycles. The smallest absolute Gasteiger partial charge is 0.343 e. The molecule has 0 aromatic heterocycles. The highest BCUT2D eigenvalue weighted by atomic mass is 35.5. The zero-order chi connectivity index (χ0) is 22.7. The second-order valence-electron chi connectivity index (χ2n) is 8.04. The number of nitrogens with one attached hydrogen (secondary N) is 2. The molecule has 2 aliphatic heterocycles. The highest BCUT2D eigenvalue weighted by Gasteiger charge is 2.43. The summed E-state index contributed by atoms with van der Waals surface area (Å²) in [6.07, 6.45) is 2.84. The third-order valence-electron chi connectivity index (χ3n) is 5.76. The zero-order valence-electron chi connectivity index (χ0n) is 17.2. The minimum Gasteiger partial charge on any atom is -0.462 e. The van der Waals surface area contributed by atoms with Crippen molar-refractivity contribution in [2.75, 3.05) is 0 Å². The maximum Gasteiger partial charge on any atom is 0.343 e. The molecule has 1 unspecified atom stereocenters. The Morgan fingerprint density at radius 1 is 1.00 bits per heavy atom. The van der Waals surface area contributed by atoms with Crippen LogP contribution in [0, 0.1) is 0 Å². The van der Waals surface area contributed by atoms with Gasteiger partial charge in [0.25, 0.3) is 10.0 Å².